The second-order valence-corrected chi connectivity index (χ2v) is 5.51. The predicted octanol–water partition coefficient (Wildman–Crippen LogP) is 3.02. The molecule has 0 radical (unpaired) electrons. The zero-order chi connectivity index (χ0) is 12.1. The van der Waals surface area contributed by atoms with Gasteiger partial charge in [0.15, 0.2) is 0 Å². The van der Waals surface area contributed by atoms with Gasteiger partial charge in [-0.3, -0.25) is 4.90 Å². The zero-order valence-corrected chi connectivity index (χ0v) is 12.0. The average Bonchev–Trinajstić information content (AvgIpc) is 2.39. The molecule has 94 valence electrons. The summed E-state index contributed by atoms with van der Waals surface area (Å²) in [5, 5.41) is 3.50. The van der Waals surface area contributed by atoms with Crippen LogP contribution < -0.4 is 5.32 Å². The summed E-state index contributed by atoms with van der Waals surface area (Å²) < 4.78 is 1.22. The molecule has 1 fully saturated rings. The van der Waals surface area contributed by atoms with Gasteiger partial charge < -0.3 is 5.32 Å². The van der Waals surface area contributed by atoms with E-state index in [1.807, 2.05) is 0 Å². The number of hydrogen-bond donors (Lipinski definition) is 1. The third-order valence-electron chi connectivity index (χ3n) is 3.52. The first-order chi connectivity index (χ1) is 8.31. The maximum Gasteiger partial charge on any atom is 0.0248 e. The summed E-state index contributed by atoms with van der Waals surface area (Å²) in [6, 6.07) is 9.23. The van der Waals surface area contributed by atoms with Gasteiger partial charge in [-0.15, -0.1) is 0 Å². The molecule has 1 saturated heterocycles. The van der Waals surface area contributed by atoms with Crippen molar-refractivity contribution in [3.05, 3.63) is 34.3 Å². The lowest BCUT2D eigenvalue weighted by Gasteiger charge is -2.34. The number of piperidine rings is 1. The van der Waals surface area contributed by atoms with Crippen LogP contribution in [0.25, 0.3) is 0 Å². The number of benzene rings is 1. The van der Waals surface area contributed by atoms with Crippen molar-refractivity contribution in [2.45, 2.75) is 32.4 Å². The van der Waals surface area contributed by atoms with E-state index >= 15 is 0 Å². The molecule has 0 amide bonds. The van der Waals surface area contributed by atoms with Crippen LogP contribution >= 0.6 is 15.9 Å². The van der Waals surface area contributed by atoms with Gasteiger partial charge >= 0.3 is 0 Å². The molecule has 17 heavy (non-hydrogen) atoms. The van der Waals surface area contributed by atoms with Crippen LogP contribution in [0.1, 0.15) is 25.3 Å². The summed E-state index contributed by atoms with van der Waals surface area (Å²) >= 11 is 3.64. The van der Waals surface area contributed by atoms with E-state index in [4.69, 9.17) is 0 Å². The van der Waals surface area contributed by atoms with Crippen LogP contribution in [0.5, 0.6) is 0 Å². The minimum atomic E-state index is 0.695. The Morgan fingerprint density at radius 1 is 1.41 bits per heavy atom. The van der Waals surface area contributed by atoms with Crippen LogP contribution in [0.2, 0.25) is 0 Å². The highest BCUT2D eigenvalue weighted by Gasteiger charge is 2.19. The summed E-state index contributed by atoms with van der Waals surface area (Å²) in [5.74, 6) is 0. The Morgan fingerprint density at radius 3 is 2.88 bits per heavy atom. The van der Waals surface area contributed by atoms with Gasteiger partial charge in [0, 0.05) is 23.6 Å². The predicted molar refractivity (Wildman–Crippen MR) is 76.1 cm³/mol. The van der Waals surface area contributed by atoms with Crippen molar-refractivity contribution < 1.29 is 0 Å². The molecule has 0 saturated carbocycles. The van der Waals surface area contributed by atoms with Crippen LogP contribution in [0.3, 0.4) is 0 Å². The van der Waals surface area contributed by atoms with Gasteiger partial charge in [0.2, 0.25) is 0 Å². The van der Waals surface area contributed by atoms with Crippen molar-refractivity contribution in [1.29, 1.82) is 0 Å². The van der Waals surface area contributed by atoms with Crippen molar-refractivity contribution in [2.75, 3.05) is 19.6 Å². The molecule has 0 bridgehead atoms. The first-order valence-corrected chi connectivity index (χ1v) is 7.28. The normalized spacial score (nSPS) is 20.8. The van der Waals surface area contributed by atoms with Gasteiger partial charge in [-0.2, -0.15) is 0 Å². The minimum absolute atomic E-state index is 0.695. The van der Waals surface area contributed by atoms with Gasteiger partial charge in [0.1, 0.15) is 0 Å². The molecule has 1 N–H and O–H groups in total. The molecular weight excluding hydrogens is 276 g/mol. The summed E-state index contributed by atoms with van der Waals surface area (Å²) in [5.41, 5.74) is 1.39. The fourth-order valence-electron chi connectivity index (χ4n) is 2.49. The fraction of sp³-hybridized carbons (Fsp3) is 0.571. The number of halogens is 1. The molecule has 1 aromatic carbocycles. The van der Waals surface area contributed by atoms with Crippen molar-refractivity contribution in [1.82, 2.24) is 10.2 Å². The van der Waals surface area contributed by atoms with Crippen LogP contribution in [0.4, 0.5) is 0 Å². The monoisotopic (exact) mass is 296 g/mol. The summed E-state index contributed by atoms with van der Waals surface area (Å²) in [7, 11) is 0. The molecule has 0 aliphatic carbocycles. The number of nitrogens with one attached hydrogen (secondary N) is 1. The maximum absolute atomic E-state index is 3.64. The van der Waals surface area contributed by atoms with E-state index in [-0.39, 0.29) is 0 Å². The van der Waals surface area contributed by atoms with Gasteiger partial charge in [0.25, 0.3) is 0 Å². The van der Waals surface area contributed by atoms with Crippen molar-refractivity contribution in [3.63, 3.8) is 0 Å². The SMILES string of the molecule is CCN(Cc1ccccc1Br)C1CCCNC1. The first kappa shape index (κ1) is 13.1. The highest BCUT2D eigenvalue weighted by atomic mass is 79.9. The Kier molecular flexibility index (Phi) is 5.01. The molecule has 0 aromatic heterocycles. The third-order valence-corrected chi connectivity index (χ3v) is 4.30. The van der Waals surface area contributed by atoms with E-state index < -0.39 is 0 Å². The second kappa shape index (κ2) is 6.53. The molecule has 1 heterocycles. The third kappa shape index (κ3) is 3.54. The molecule has 1 unspecified atom stereocenters. The number of nitrogens with zero attached hydrogens (tertiary/aromatic N) is 1. The highest BCUT2D eigenvalue weighted by molar-refractivity contribution is 9.10. The van der Waals surface area contributed by atoms with E-state index in [0.29, 0.717) is 6.04 Å². The Morgan fingerprint density at radius 2 is 2.24 bits per heavy atom. The average molecular weight is 297 g/mol. The van der Waals surface area contributed by atoms with Crippen molar-refractivity contribution >= 4 is 15.9 Å². The van der Waals surface area contributed by atoms with Gasteiger partial charge in [-0.05, 0) is 37.6 Å². The molecule has 1 aromatic rings. The molecule has 1 aliphatic rings. The second-order valence-electron chi connectivity index (χ2n) is 4.65. The summed E-state index contributed by atoms with van der Waals surface area (Å²) in [6.07, 6.45) is 2.63. The van der Waals surface area contributed by atoms with Crippen LogP contribution in [0, 0.1) is 0 Å². The topological polar surface area (TPSA) is 15.3 Å². The lowest BCUT2D eigenvalue weighted by atomic mass is 10.0. The standard InChI is InChI=1S/C14H21BrN2/c1-2-17(13-7-5-9-16-10-13)11-12-6-3-4-8-14(12)15/h3-4,6,8,13,16H,2,5,7,9-11H2,1H3. The maximum atomic E-state index is 3.64. The zero-order valence-electron chi connectivity index (χ0n) is 10.5. The molecule has 2 nitrogen and oxygen atoms in total. The Bertz CT molecular complexity index is 348. The molecule has 1 atom stereocenters. The molecule has 1 aliphatic heterocycles. The van der Waals surface area contributed by atoms with Crippen LogP contribution in [0.15, 0.2) is 28.7 Å². The Balaban J connectivity index is 2.01. The van der Waals surface area contributed by atoms with E-state index in [1.165, 1.54) is 29.4 Å². The van der Waals surface area contributed by atoms with Crippen LogP contribution in [-0.2, 0) is 6.54 Å². The number of likely N-dealkylation sites (N-methyl/N-ethyl adjacent to an activating group) is 1. The lowest BCUT2D eigenvalue weighted by molar-refractivity contribution is 0.166. The van der Waals surface area contributed by atoms with Crippen LogP contribution in [-0.4, -0.2) is 30.6 Å². The van der Waals surface area contributed by atoms with Gasteiger partial charge in [-0.25, -0.2) is 0 Å². The highest BCUT2D eigenvalue weighted by Crippen LogP contribution is 2.20. The smallest absolute Gasteiger partial charge is 0.0248 e. The lowest BCUT2D eigenvalue weighted by Crippen LogP contribution is -2.45. The van der Waals surface area contributed by atoms with Crippen molar-refractivity contribution in [3.8, 4) is 0 Å². The Hall–Kier alpha value is -0.380. The van der Waals surface area contributed by atoms with Gasteiger partial charge in [-0.1, -0.05) is 41.1 Å². The quantitative estimate of drug-likeness (QED) is 0.919. The first-order valence-electron chi connectivity index (χ1n) is 6.49. The number of rotatable bonds is 4. The van der Waals surface area contributed by atoms with E-state index in [1.54, 1.807) is 0 Å². The molecular formula is C14H21BrN2. The largest absolute Gasteiger partial charge is 0.315 e. The van der Waals surface area contributed by atoms with E-state index in [0.717, 1.165) is 19.6 Å². The minimum Gasteiger partial charge on any atom is -0.315 e. The molecule has 3 heteroatoms. The molecule has 0 spiro atoms. The Labute approximate surface area is 113 Å². The van der Waals surface area contributed by atoms with E-state index in [2.05, 4.69) is 57.3 Å². The summed E-state index contributed by atoms with van der Waals surface area (Å²) in [6.45, 7) is 6.74. The molecule has 2 rings (SSSR count). The number of hydrogen-bond acceptors (Lipinski definition) is 2. The van der Waals surface area contributed by atoms with Gasteiger partial charge in [0.05, 0.1) is 0 Å². The fourth-order valence-corrected chi connectivity index (χ4v) is 2.90. The van der Waals surface area contributed by atoms with Crippen molar-refractivity contribution in [2.24, 2.45) is 0 Å². The summed E-state index contributed by atoms with van der Waals surface area (Å²) in [4.78, 5) is 2.58. The van der Waals surface area contributed by atoms with E-state index in [9.17, 15) is 0 Å².